The van der Waals surface area contributed by atoms with Gasteiger partial charge in [-0.3, -0.25) is 4.79 Å². The van der Waals surface area contributed by atoms with Gasteiger partial charge in [-0.15, -0.1) is 0 Å². The summed E-state index contributed by atoms with van der Waals surface area (Å²) in [6, 6.07) is 9.94. The summed E-state index contributed by atoms with van der Waals surface area (Å²) in [5.74, 6) is 0.958. The zero-order chi connectivity index (χ0) is 14.5. The molecule has 1 saturated heterocycles. The molecule has 1 amide bonds. The number of likely N-dealkylation sites (tertiary alicyclic amines) is 1. The minimum absolute atomic E-state index is 0.245. The van der Waals surface area contributed by atoms with Crippen molar-refractivity contribution in [1.29, 1.82) is 0 Å². The third kappa shape index (κ3) is 3.67. The number of amides is 1. The summed E-state index contributed by atoms with van der Waals surface area (Å²) >= 11 is 1.50. The monoisotopic (exact) mass is 302 g/mol. The Morgan fingerprint density at radius 2 is 2.00 bits per heavy atom. The second kappa shape index (κ2) is 6.80. The van der Waals surface area contributed by atoms with Gasteiger partial charge in [-0.05, 0) is 12.8 Å². The van der Waals surface area contributed by atoms with Gasteiger partial charge in [0.15, 0.2) is 0 Å². The topological polar surface area (TPSA) is 46.3 Å². The molecule has 0 atom stereocenters. The first-order valence-corrected chi connectivity index (χ1v) is 8.23. The fourth-order valence-electron chi connectivity index (χ4n) is 2.42. The Morgan fingerprint density at radius 1 is 1.24 bits per heavy atom. The quantitative estimate of drug-likeness (QED) is 0.794. The van der Waals surface area contributed by atoms with Crippen LogP contribution in [-0.2, 0) is 4.79 Å². The Kier molecular flexibility index (Phi) is 4.60. The van der Waals surface area contributed by atoms with E-state index in [1.54, 1.807) is 6.26 Å². The maximum Gasteiger partial charge on any atom is 0.256 e. The van der Waals surface area contributed by atoms with Crippen LogP contribution in [0.15, 0.2) is 46.2 Å². The third-order valence-electron chi connectivity index (χ3n) is 3.55. The summed E-state index contributed by atoms with van der Waals surface area (Å²) in [5, 5.41) is 0.628. The molecule has 2 aromatic rings. The lowest BCUT2D eigenvalue weighted by Crippen LogP contribution is -2.27. The summed E-state index contributed by atoms with van der Waals surface area (Å²) in [7, 11) is 0. The van der Waals surface area contributed by atoms with Crippen molar-refractivity contribution in [3.63, 3.8) is 0 Å². The Bertz CT molecular complexity index is 591. The Balaban J connectivity index is 1.50. The highest BCUT2D eigenvalue weighted by atomic mass is 32.2. The van der Waals surface area contributed by atoms with Crippen LogP contribution in [0.2, 0.25) is 0 Å². The number of aromatic nitrogens is 1. The van der Waals surface area contributed by atoms with Gasteiger partial charge in [0.05, 0.1) is 0 Å². The number of oxazole rings is 1. The lowest BCUT2D eigenvalue weighted by Gasteiger charge is -2.14. The van der Waals surface area contributed by atoms with Gasteiger partial charge in [0.25, 0.3) is 5.22 Å². The van der Waals surface area contributed by atoms with Crippen molar-refractivity contribution in [2.24, 2.45) is 0 Å². The molecule has 1 aromatic carbocycles. The molecule has 0 radical (unpaired) electrons. The van der Waals surface area contributed by atoms with Gasteiger partial charge < -0.3 is 9.32 Å². The zero-order valence-corrected chi connectivity index (χ0v) is 12.6. The van der Waals surface area contributed by atoms with Crippen LogP contribution in [0.4, 0.5) is 0 Å². The molecule has 0 saturated carbocycles. The van der Waals surface area contributed by atoms with Crippen LogP contribution < -0.4 is 0 Å². The second-order valence-electron chi connectivity index (χ2n) is 5.05. The van der Waals surface area contributed by atoms with Crippen molar-refractivity contribution < 1.29 is 9.21 Å². The van der Waals surface area contributed by atoms with E-state index in [9.17, 15) is 4.79 Å². The van der Waals surface area contributed by atoms with E-state index in [1.807, 2.05) is 35.2 Å². The van der Waals surface area contributed by atoms with Gasteiger partial charge >= 0.3 is 0 Å². The summed E-state index contributed by atoms with van der Waals surface area (Å²) in [6.45, 7) is 1.83. The molecule has 0 aliphatic carbocycles. The fraction of sp³-hybridized carbons (Fsp3) is 0.375. The maximum atomic E-state index is 11.9. The largest absolute Gasteiger partial charge is 0.439 e. The number of nitrogens with zero attached hydrogens (tertiary/aromatic N) is 2. The van der Waals surface area contributed by atoms with E-state index in [0.29, 0.717) is 17.4 Å². The number of rotatable bonds is 5. The van der Waals surface area contributed by atoms with E-state index in [2.05, 4.69) is 4.98 Å². The third-order valence-corrected chi connectivity index (χ3v) is 4.40. The van der Waals surface area contributed by atoms with Gasteiger partial charge in [-0.1, -0.05) is 42.1 Å². The maximum absolute atomic E-state index is 11.9. The molecule has 110 valence electrons. The van der Waals surface area contributed by atoms with Gasteiger partial charge in [0, 0.05) is 30.8 Å². The smallest absolute Gasteiger partial charge is 0.256 e. The molecule has 1 fully saturated rings. The average Bonchev–Trinajstić information content (AvgIpc) is 3.20. The van der Waals surface area contributed by atoms with E-state index in [0.717, 1.165) is 37.2 Å². The molecule has 2 heterocycles. The van der Waals surface area contributed by atoms with Crippen molar-refractivity contribution in [3.05, 3.63) is 36.6 Å². The average molecular weight is 302 g/mol. The first-order valence-electron chi connectivity index (χ1n) is 7.24. The van der Waals surface area contributed by atoms with E-state index in [1.165, 1.54) is 11.8 Å². The number of carbonyl (C=O) groups is 1. The van der Waals surface area contributed by atoms with Crippen molar-refractivity contribution >= 4 is 17.7 Å². The molecular weight excluding hydrogens is 284 g/mol. The van der Waals surface area contributed by atoms with Crippen LogP contribution in [0.3, 0.4) is 0 Å². The minimum atomic E-state index is 0.245. The molecule has 0 N–H and O–H groups in total. The first kappa shape index (κ1) is 14.2. The van der Waals surface area contributed by atoms with E-state index in [-0.39, 0.29) is 5.91 Å². The van der Waals surface area contributed by atoms with Crippen molar-refractivity contribution in [1.82, 2.24) is 9.88 Å². The van der Waals surface area contributed by atoms with Crippen molar-refractivity contribution in [2.75, 3.05) is 18.8 Å². The van der Waals surface area contributed by atoms with Crippen LogP contribution in [0.1, 0.15) is 19.3 Å². The minimum Gasteiger partial charge on any atom is -0.439 e. The molecule has 0 spiro atoms. The van der Waals surface area contributed by atoms with Crippen molar-refractivity contribution in [3.8, 4) is 11.3 Å². The van der Waals surface area contributed by atoms with Gasteiger partial charge in [-0.2, -0.15) is 0 Å². The lowest BCUT2D eigenvalue weighted by molar-refractivity contribution is -0.129. The van der Waals surface area contributed by atoms with Crippen LogP contribution in [0.25, 0.3) is 11.3 Å². The molecule has 5 heteroatoms. The number of benzene rings is 1. The summed E-state index contributed by atoms with van der Waals surface area (Å²) in [6.07, 6.45) is 4.49. The predicted molar refractivity (Wildman–Crippen MR) is 83.1 cm³/mol. The van der Waals surface area contributed by atoms with Crippen LogP contribution in [0, 0.1) is 0 Å². The molecule has 0 bridgehead atoms. The SMILES string of the molecule is O=C(CCSc1nc(-c2ccccc2)co1)N1CCCC1. The predicted octanol–water partition coefficient (Wildman–Crippen LogP) is 3.45. The molecule has 21 heavy (non-hydrogen) atoms. The summed E-state index contributed by atoms with van der Waals surface area (Å²) < 4.78 is 5.45. The summed E-state index contributed by atoms with van der Waals surface area (Å²) in [5.41, 5.74) is 1.88. The van der Waals surface area contributed by atoms with Crippen LogP contribution in [0.5, 0.6) is 0 Å². The van der Waals surface area contributed by atoms with Crippen LogP contribution in [-0.4, -0.2) is 34.6 Å². The number of carbonyl (C=O) groups excluding carboxylic acids is 1. The Morgan fingerprint density at radius 3 is 2.76 bits per heavy atom. The van der Waals surface area contributed by atoms with E-state index < -0.39 is 0 Å². The molecule has 1 aliphatic rings. The van der Waals surface area contributed by atoms with Gasteiger partial charge in [0.2, 0.25) is 5.91 Å². The highest BCUT2D eigenvalue weighted by Crippen LogP contribution is 2.24. The number of hydrogen-bond donors (Lipinski definition) is 0. The van der Waals surface area contributed by atoms with E-state index >= 15 is 0 Å². The summed E-state index contributed by atoms with van der Waals surface area (Å²) in [4.78, 5) is 18.3. The molecule has 4 nitrogen and oxygen atoms in total. The standard InChI is InChI=1S/C16H18N2O2S/c19-15(18-9-4-5-10-18)8-11-21-16-17-14(12-20-16)13-6-2-1-3-7-13/h1-3,6-7,12H,4-5,8-11H2. The molecule has 1 aliphatic heterocycles. The number of thioether (sulfide) groups is 1. The normalized spacial score (nSPS) is 14.6. The number of hydrogen-bond acceptors (Lipinski definition) is 4. The second-order valence-corrected chi connectivity index (χ2v) is 6.10. The molecular formula is C16H18N2O2S. The van der Waals surface area contributed by atoms with E-state index in [4.69, 9.17) is 4.42 Å². The highest BCUT2D eigenvalue weighted by molar-refractivity contribution is 7.99. The fourth-order valence-corrected chi connectivity index (χ4v) is 3.15. The Hall–Kier alpha value is -1.75. The van der Waals surface area contributed by atoms with Crippen LogP contribution >= 0.6 is 11.8 Å². The van der Waals surface area contributed by atoms with Gasteiger partial charge in [-0.25, -0.2) is 4.98 Å². The lowest BCUT2D eigenvalue weighted by atomic mass is 10.2. The highest BCUT2D eigenvalue weighted by Gasteiger charge is 2.17. The van der Waals surface area contributed by atoms with Crippen molar-refractivity contribution in [2.45, 2.75) is 24.5 Å². The first-order chi connectivity index (χ1) is 10.3. The zero-order valence-electron chi connectivity index (χ0n) is 11.8. The molecule has 0 unspecified atom stereocenters. The molecule has 3 rings (SSSR count). The molecule has 1 aromatic heterocycles. The Labute approximate surface area is 128 Å². The van der Waals surface area contributed by atoms with Gasteiger partial charge in [0.1, 0.15) is 12.0 Å².